The van der Waals surface area contributed by atoms with Crippen LogP contribution >= 0.6 is 11.6 Å². The molecule has 1 saturated carbocycles. The number of rotatable bonds is 6. The van der Waals surface area contributed by atoms with Crippen LogP contribution in [-0.4, -0.2) is 40.9 Å². The van der Waals surface area contributed by atoms with Crippen molar-refractivity contribution in [2.24, 2.45) is 11.8 Å². The van der Waals surface area contributed by atoms with Crippen molar-refractivity contribution < 1.29 is 27.2 Å². The van der Waals surface area contributed by atoms with E-state index < -0.39 is 23.8 Å². The number of aromatic nitrogens is 2. The van der Waals surface area contributed by atoms with E-state index in [-0.39, 0.29) is 60.2 Å². The molecule has 2 fully saturated rings. The average Bonchev–Trinajstić information content (AvgIpc) is 3.60. The van der Waals surface area contributed by atoms with Gasteiger partial charge in [-0.3, -0.25) is 9.59 Å². The lowest BCUT2D eigenvalue weighted by Gasteiger charge is -2.36. The first kappa shape index (κ1) is 24.4. The third-order valence-electron chi connectivity index (χ3n) is 6.01. The van der Waals surface area contributed by atoms with E-state index >= 15 is 0 Å². The zero-order chi connectivity index (χ0) is 24.6. The molecule has 2 atom stereocenters. The Kier molecular flexibility index (Phi) is 6.80. The highest BCUT2D eigenvalue weighted by Gasteiger charge is 2.35. The lowest BCUT2D eigenvalue weighted by atomic mass is 9.89. The van der Waals surface area contributed by atoms with Crippen LogP contribution in [0.2, 0.25) is 5.02 Å². The molecule has 0 spiro atoms. The number of carbonyl (C=O) groups is 2. The van der Waals surface area contributed by atoms with Gasteiger partial charge in [-0.25, -0.2) is 14.4 Å². The molecule has 2 aliphatic rings. The maximum Gasteiger partial charge on any atom is 0.417 e. The second-order valence-corrected chi connectivity index (χ2v) is 9.22. The van der Waals surface area contributed by atoms with E-state index in [9.17, 15) is 27.2 Å². The van der Waals surface area contributed by atoms with Crippen molar-refractivity contribution in [2.45, 2.75) is 45.0 Å². The summed E-state index contributed by atoms with van der Waals surface area (Å²) in [6, 6.07) is 3.86. The van der Waals surface area contributed by atoms with E-state index in [2.05, 4.69) is 15.3 Å². The molecule has 1 N–H and O–H groups in total. The van der Waals surface area contributed by atoms with E-state index in [0.717, 1.165) is 18.9 Å². The first-order valence-electron chi connectivity index (χ1n) is 11.0. The number of carbonyl (C=O) groups excluding carboxylic acids is 2. The highest BCUT2D eigenvalue weighted by Crippen LogP contribution is 2.36. The number of ketones is 1. The summed E-state index contributed by atoms with van der Waals surface area (Å²) >= 11 is 6.05. The van der Waals surface area contributed by atoms with Gasteiger partial charge in [-0.15, -0.1) is 0 Å². The molecule has 0 radical (unpaired) electrons. The molecule has 34 heavy (non-hydrogen) atoms. The molecular formula is C23H23ClF4N4O2. The average molecular weight is 499 g/mol. The number of amides is 1. The second-order valence-electron chi connectivity index (χ2n) is 8.81. The summed E-state index contributed by atoms with van der Waals surface area (Å²) in [6.45, 7) is 2.00. The smallest absolute Gasteiger partial charge is 0.355 e. The summed E-state index contributed by atoms with van der Waals surface area (Å²) in [5.41, 5.74) is -0.112. The van der Waals surface area contributed by atoms with E-state index in [1.54, 1.807) is 17.9 Å². The van der Waals surface area contributed by atoms with Gasteiger partial charge < -0.3 is 10.2 Å². The van der Waals surface area contributed by atoms with Gasteiger partial charge in [0.15, 0.2) is 5.78 Å². The molecule has 0 unspecified atom stereocenters. The Morgan fingerprint density at radius 2 is 1.94 bits per heavy atom. The van der Waals surface area contributed by atoms with Crippen molar-refractivity contribution in [2.75, 3.05) is 23.3 Å². The highest BCUT2D eigenvalue weighted by atomic mass is 35.5. The molecule has 2 aromatic heterocycles. The van der Waals surface area contributed by atoms with Crippen molar-refractivity contribution in [1.29, 1.82) is 0 Å². The van der Waals surface area contributed by atoms with Crippen LogP contribution in [0.25, 0.3) is 0 Å². The Balaban J connectivity index is 1.46. The number of aryl methyl sites for hydroxylation is 1. The van der Waals surface area contributed by atoms with Crippen LogP contribution in [0, 0.1) is 18.8 Å². The fourth-order valence-corrected chi connectivity index (χ4v) is 4.32. The van der Waals surface area contributed by atoms with Crippen LogP contribution in [0.4, 0.5) is 29.2 Å². The number of pyridine rings is 2. The van der Waals surface area contributed by atoms with Gasteiger partial charge in [0, 0.05) is 48.8 Å². The molecule has 1 aliphatic heterocycles. The van der Waals surface area contributed by atoms with Gasteiger partial charge in [-0.2, -0.15) is 13.2 Å². The minimum Gasteiger partial charge on any atom is -0.355 e. The summed E-state index contributed by atoms with van der Waals surface area (Å²) in [7, 11) is 0. The summed E-state index contributed by atoms with van der Waals surface area (Å²) < 4.78 is 53.4. The van der Waals surface area contributed by atoms with Gasteiger partial charge in [0.25, 0.3) is 0 Å². The molecule has 1 amide bonds. The minimum atomic E-state index is -4.57. The third kappa shape index (κ3) is 5.65. The second kappa shape index (κ2) is 9.48. The van der Waals surface area contributed by atoms with Gasteiger partial charge in [-0.1, -0.05) is 11.6 Å². The standard InChI is InChI=1S/C23H23ClF4N4O2/c1-12-6-14(8-20(30-12)31-22(34)13-2-3-13)19(33)7-15-11-32(5-4-18(15)25)21-17(24)9-16(10-29-21)23(26,27)28/h6,8-10,13,15,18H,2-5,7,11H2,1H3,(H,30,31,34)/t15-,18+/m0/s1. The molecule has 1 aliphatic carbocycles. The van der Waals surface area contributed by atoms with Crippen LogP contribution in [-0.2, 0) is 11.0 Å². The van der Waals surface area contributed by atoms with Crippen LogP contribution in [0.5, 0.6) is 0 Å². The van der Waals surface area contributed by atoms with Crippen molar-refractivity contribution >= 4 is 34.9 Å². The normalized spacial score (nSPS) is 20.8. The lowest BCUT2D eigenvalue weighted by Crippen LogP contribution is -2.43. The van der Waals surface area contributed by atoms with Crippen molar-refractivity contribution in [3.63, 3.8) is 0 Å². The summed E-state index contributed by atoms with van der Waals surface area (Å²) in [6.07, 6.45) is -3.50. The summed E-state index contributed by atoms with van der Waals surface area (Å²) in [5, 5.41) is 2.53. The summed E-state index contributed by atoms with van der Waals surface area (Å²) in [4.78, 5) is 34.7. The monoisotopic (exact) mass is 498 g/mol. The van der Waals surface area contributed by atoms with Crippen molar-refractivity contribution in [3.8, 4) is 0 Å². The first-order chi connectivity index (χ1) is 16.0. The predicted molar refractivity (Wildman–Crippen MR) is 119 cm³/mol. The Morgan fingerprint density at radius 3 is 2.59 bits per heavy atom. The minimum absolute atomic E-state index is 0.0207. The summed E-state index contributed by atoms with van der Waals surface area (Å²) in [5.74, 6) is -0.753. The van der Waals surface area contributed by atoms with Crippen LogP contribution in [0.1, 0.15) is 47.3 Å². The fraction of sp³-hybridized carbons (Fsp3) is 0.478. The molecule has 182 valence electrons. The Hall–Kier alpha value is -2.75. The van der Waals surface area contributed by atoms with Crippen LogP contribution < -0.4 is 10.2 Å². The van der Waals surface area contributed by atoms with Gasteiger partial charge in [0.2, 0.25) is 5.91 Å². The zero-order valence-electron chi connectivity index (χ0n) is 18.3. The van der Waals surface area contributed by atoms with Gasteiger partial charge in [0.05, 0.1) is 10.6 Å². The number of piperidine rings is 1. The number of halogens is 5. The lowest BCUT2D eigenvalue weighted by molar-refractivity contribution is -0.137. The molecular weight excluding hydrogens is 476 g/mol. The molecule has 3 heterocycles. The third-order valence-corrected chi connectivity index (χ3v) is 6.29. The Labute approximate surface area is 198 Å². The maximum absolute atomic E-state index is 14.7. The van der Waals surface area contributed by atoms with E-state index in [1.807, 2.05) is 0 Å². The molecule has 6 nitrogen and oxygen atoms in total. The van der Waals surface area contributed by atoms with Gasteiger partial charge in [0.1, 0.15) is 17.8 Å². The Bertz CT molecular complexity index is 1110. The molecule has 4 rings (SSSR count). The number of Topliss-reactive ketones (excluding diaryl/α,β-unsaturated/α-hetero) is 1. The number of nitrogens with one attached hydrogen (secondary N) is 1. The largest absolute Gasteiger partial charge is 0.417 e. The molecule has 1 saturated heterocycles. The topological polar surface area (TPSA) is 75.2 Å². The van der Waals surface area contributed by atoms with E-state index in [1.165, 1.54) is 6.07 Å². The number of hydrogen-bond acceptors (Lipinski definition) is 5. The van der Waals surface area contributed by atoms with Gasteiger partial charge in [-0.05, 0) is 44.4 Å². The maximum atomic E-state index is 14.7. The van der Waals surface area contributed by atoms with E-state index in [4.69, 9.17) is 11.6 Å². The number of anilines is 2. The fourth-order valence-electron chi connectivity index (χ4n) is 4.03. The SMILES string of the molecule is Cc1cc(C(=O)C[C@H]2CN(c3ncc(C(F)(F)F)cc3Cl)CC[C@H]2F)cc(NC(=O)C2CC2)n1. The quantitative estimate of drug-likeness (QED) is 0.435. The zero-order valence-corrected chi connectivity index (χ0v) is 19.1. The number of alkyl halides is 4. The van der Waals surface area contributed by atoms with Crippen molar-refractivity contribution in [3.05, 3.63) is 46.2 Å². The predicted octanol–water partition coefficient (Wildman–Crippen LogP) is 5.24. The van der Waals surface area contributed by atoms with E-state index in [0.29, 0.717) is 17.5 Å². The molecule has 0 aromatic carbocycles. The highest BCUT2D eigenvalue weighted by molar-refractivity contribution is 6.33. The Morgan fingerprint density at radius 1 is 1.21 bits per heavy atom. The van der Waals surface area contributed by atoms with Crippen LogP contribution in [0.15, 0.2) is 24.4 Å². The molecule has 11 heteroatoms. The van der Waals surface area contributed by atoms with Crippen molar-refractivity contribution in [1.82, 2.24) is 9.97 Å². The first-order valence-corrected chi connectivity index (χ1v) is 11.3. The number of nitrogens with zero attached hydrogens (tertiary/aromatic N) is 3. The molecule has 0 bridgehead atoms. The number of hydrogen-bond donors (Lipinski definition) is 1. The van der Waals surface area contributed by atoms with Gasteiger partial charge >= 0.3 is 6.18 Å². The van der Waals surface area contributed by atoms with Crippen LogP contribution in [0.3, 0.4) is 0 Å². The molecule has 2 aromatic rings.